The van der Waals surface area contributed by atoms with E-state index in [1.165, 1.54) is 0 Å². The molecule has 0 bridgehead atoms. The minimum atomic E-state index is -0.916. The fourth-order valence-electron chi connectivity index (χ4n) is 0.768. The second-order valence-electron chi connectivity index (χ2n) is 2.15. The topological polar surface area (TPSA) is 49.3 Å². The average molecular weight is 151 g/mol. The van der Waals surface area contributed by atoms with Crippen molar-refractivity contribution in [2.24, 2.45) is 0 Å². The zero-order valence-corrected chi connectivity index (χ0v) is 5.95. The molecule has 0 aromatic heterocycles. The van der Waals surface area contributed by atoms with Crippen molar-refractivity contribution >= 4 is 5.97 Å². The summed E-state index contributed by atoms with van der Waals surface area (Å²) < 4.78 is 0. The number of carboxylic acid groups (broad SMARTS) is 1. The van der Waals surface area contributed by atoms with Crippen LogP contribution in [0.2, 0.25) is 0 Å². The summed E-state index contributed by atoms with van der Waals surface area (Å²) in [5.74, 6) is -0.916. The van der Waals surface area contributed by atoms with Gasteiger partial charge in [-0.05, 0) is 17.8 Å². The van der Waals surface area contributed by atoms with Crippen molar-refractivity contribution in [3.8, 4) is 0 Å². The highest BCUT2D eigenvalue weighted by Gasteiger charge is 1.93. The third kappa shape index (κ3) is 2.71. The number of carboxylic acids is 1. The van der Waals surface area contributed by atoms with Gasteiger partial charge in [0.15, 0.2) is 0 Å². The Morgan fingerprint density at radius 2 is 2.55 bits per heavy atom. The number of allylic oxidation sites excluding steroid dienone is 2. The number of dihydropyridines is 1. The summed E-state index contributed by atoms with van der Waals surface area (Å²) >= 11 is 0. The number of nitrogens with one attached hydrogen (secondary N) is 1. The van der Waals surface area contributed by atoms with Crippen molar-refractivity contribution in [2.75, 3.05) is 6.54 Å². The van der Waals surface area contributed by atoms with Crippen LogP contribution in [0.25, 0.3) is 0 Å². The molecule has 2 N–H and O–H groups in total. The Bertz CT molecular complexity index is 238. The molecule has 0 aromatic rings. The fourth-order valence-corrected chi connectivity index (χ4v) is 0.768. The molecule has 0 saturated carbocycles. The smallest absolute Gasteiger partial charge is 0.328 e. The highest BCUT2D eigenvalue weighted by atomic mass is 16.4. The first-order valence-corrected chi connectivity index (χ1v) is 3.29. The highest BCUT2D eigenvalue weighted by molar-refractivity contribution is 5.80. The zero-order chi connectivity index (χ0) is 8.10. The summed E-state index contributed by atoms with van der Waals surface area (Å²) in [6.45, 7) is 0.695. The van der Waals surface area contributed by atoms with E-state index in [0.717, 1.165) is 11.6 Å². The SMILES string of the molecule is O=C(O)C=CC1=CC=CNC1. The lowest BCUT2D eigenvalue weighted by atomic mass is 10.2. The second-order valence-corrected chi connectivity index (χ2v) is 2.15. The number of carbonyl (C=O) groups is 1. The molecule has 0 unspecified atom stereocenters. The number of hydrogen-bond acceptors (Lipinski definition) is 2. The van der Waals surface area contributed by atoms with Crippen molar-refractivity contribution in [1.82, 2.24) is 5.32 Å². The Morgan fingerprint density at radius 3 is 3.09 bits per heavy atom. The standard InChI is InChI=1S/C8H9NO2/c10-8(11)4-3-7-2-1-5-9-6-7/h1-5,9H,6H2,(H,10,11). The Balaban J connectivity index is 2.54. The molecule has 0 radical (unpaired) electrons. The lowest BCUT2D eigenvalue weighted by Gasteiger charge is -2.04. The van der Waals surface area contributed by atoms with Gasteiger partial charge >= 0.3 is 5.97 Å². The van der Waals surface area contributed by atoms with Crippen LogP contribution in [0.3, 0.4) is 0 Å². The molecule has 0 aromatic carbocycles. The quantitative estimate of drug-likeness (QED) is 0.570. The van der Waals surface area contributed by atoms with Gasteiger partial charge in [0.05, 0.1) is 0 Å². The Labute approximate surface area is 64.7 Å². The molecule has 0 aliphatic carbocycles. The number of hydrogen-bond donors (Lipinski definition) is 2. The first kappa shape index (κ1) is 7.60. The third-order valence-electron chi connectivity index (χ3n) is 1.27. The summed E-state index contributed by atoms with van der Waals surface area (Å²) in [6, 6.07) is 0. The van der Waals surface area contributed by atoms with Gasteiger partial charge in [0, 0.05) is 12.6 Å². The summed E-state index contributed by atoms with van der Waals surface area (Å²) in [5.41, 5.74) is 0.968. The van der Waals surface area contributed by atoms with Gasteiger partial charge in [-0.2, -0.15) is 0 Å². The first-order chi connectivity index (χ1) is 5.29. The molecule has 0 spiro atoms. The summed E-state index contributed by atoms with van der Waals surface area (Å²) in [4.78, 5) is 10.1. The van der Waals surface area contributed by atoms with E-state index < -0.39 is 5.97 Å². The first-order valence-electron chi connectivity index (χ1n) is 3.29. The van der Waals surface area contributed by atoms with Crippen molar-refractivity contribution in [2.45, 2.75) is 0 Å². The van der Waals surface area contributed by atoms with E-state index >= 15 is 0 Å². The fraction of sp³-hybridized carbons (Fsp3) is 0.125. The van der Waals surface area contributed by atoms with Crippen LogP contribution in [0.15, 0.2) is 36.1 Å². The van der Waals surface area contributed by atoms with E-state index in [0.29, 0.717) is 6.54 Å². The van der Waals surface area contributed by atoms with Crippen LogP contribution < -0.4 is 5.32 Å². The maximum atomic E-state index is 10.1. The largest absolute Gasteiger partial charge is 0.478 e. The molecule has 0 amide bonds. The van der Waals surface area contributed by atoms with Gasteiger partial charge in [0.25, 0.3) is 0 Å². The van der Waals surface area contributed by atoms with Crippen molar-refractivity contribution in [3.63, 3.8) is 0 Å². The summed E-state index contributed by atoms with van der Waals surface area (Å²) in [7, 11) is 0. The maximum absolute atomic E-state index is 10.1. The van der Waals surface area contributed by atoms with Crippen LogP contribution >= 0.6 is 0 Å². The van der Waals surface area contributed by atoms with E-state index in [1.807, 2.05) is 18.4 Å². The van der Waals surface area contributed by atoms with E-state index in [1.54, 1.807) is 6.08 Å². The molecule has 0 atom stereocenters. The molecule has 3 nitrogen and oxygen atoms in total. The molecular formula is C8H9NO2. The molecule has 1 heterocycles. The van der Waals surface area contributed by atoms with Gasteiger partial charge in [-0.15, -0.1) is 0 Å². The monoisotopic (exact) mass is 151 g/mol. The predicted molar refractivity (Wildman–Crippen MR) is 42.0 cm³/mol. The van der Waals surface area contributed by atoms with Crippen molar-refractivity contribution < 1.29 is 9.90 Å². The predicted octanol–water partition coefficient (Wildman–Crippen LogP) is 0.670. The van der Waals surface area contributed by atoms with E-state index in [2.05, 4.69) is 5.32 Å². The molecule has 0 fully saturated rings. The molecule has 0 saturated heterocycles. The van der Waals surface area contributed by atoms with Gasteiger partial charge in [0.1, 0.15) is 0 Å². The van der Waals surface area contributed by atoms with Crippen LogP contribution in [0.4, 0.5) is 0 Å². The van der Waals surface area contributed by atoms with E-state index in [4.69, 9.17) is 5.11 Å². The third-order valence-corrected chi connectivity index (χ3v) is 1.27. The van der Waals surface area contributed by atoms with Crippen LogP contribution in [-0.2, 0) is 4.79 Å². The van der Waals surface area contributed by atoms with Crippen molar-refractivity contribution in [1.29, 1.82) is 0 Å². The van der Waals surface area contributed by atoms with Gasteiger partial charge in [-0.3, -0.25) is 0 Å². The van der Waals surface area contributed by atoms with Gasteiger partial charge < -0.3 is 10.4 Å². The molecule has 3 heteroatoms. The van der Waals surface area contributed by atoms with Crippen LogP contribution in [0.5, 0.6) is 0 Å². The maximum Gasteiger partial charge on any atom is 0.328 e. The minimum absolute atomic E-state index is 0.695. The Hall–Kier alpha value is -1.51. The molecule has 1 rings (SSSR count). The average Bonchev–Trinajstić information content (AvgIpc) is 2.03. The highest BCUT2D eigenvalue weighted by Crippen LogP contribution is 1.99. The van der Waals surface area contributed by atoms with E-state index in [9.17, 15) is 4.79 Å². The van der Waals surface area contributed by atoms with Crippen molar-refractivity contribution in [3.05, 3.63) is 36.1 Å². The lowest BCUT2D eigenvalue weighted by Crippen LogP contribution is -2.11. The zero-order valence-electron chi connectivity index (χ0n) is 5.95. The molecule has 1 aliphatic heterocycles. The van der Waals surface area contributed by atoms with Crippen LogP contribution in [0, 0.1) is 0 Å². The Morgan fingerprint density at radius 1 is 1.73 bits per heavy atom. The normalized spacial score (nSPS) is 16.2. The molecule has 1 aliphatic rings. The van der Waals surface area contributed by atoms with Crippen LogP contribution in [0.1, 0.15) is 0 Å². The van der Waals surface area contributed by atoms with Gasteiger partial charge in [0.2, 0.25) is 0 Å². The summed E-state index contributed by atoms with van der Waals surface area (Å²) in [5, 5.41) is 11.3. The molecule has 11 heavy (non-hydrogen) atoms. The molecular weight excluding hydrogens is 142 g/mol. The summed E-state index contributed by atoms with van der Waals surface area (Å²) in [6.07, 6.45) is 8.24. The minimum Gasteiger partial charge on any atom is -0.478 e. The van der Waals surface area contributed by atoms with Gasteiger partial charge in [-0.1, -0.05) is 12.2 Å². The van der Waals surface area contributed by atoms with Crippen LogP contribution in [-0.4, -0.2) is 17.6 Å². The Kier molecular flexibility index (Phi) is 2.49. The van der Waals surface area contributed by atoms with E-state index in [-0.39, 0.29) is 0 Å². The molecule has 58 valence electrons. The second kappa shape index (κ2) is 3.61. The number of aliphatic carboxylic acids is 1. The lowest BCUT2D eigenvalue weighted by molar-refractivity contribution is -0.131. The van der Waals surface area contributed by atoms with Gasteiger partial charge in [-0.25, -0.2) is 4.79 Å². The number of rotatable bonds is 2.